The number of benzene rings is 1. The molecule has 2 amide bonds. The summed E-state index contributed by atoms with van der Waals surface area (Å²) >= 11 is 0. The fourth-order valence-electron chi connectivity index (χ4n) is 4.23. The summed E-state index contributed by atoms with van der Waals surface area (Å²) in [7, 11) is 0. The molecule has 3 atom stereocenters. The van der Waals surface area contributed by atoms with Gasteiger partial charge in [0.05, 0.1) is 11.8 Å². The summed E-state index contributed by atoms with van der Waals surface area (Å²) in [5.74, 6) is -1.41. The van der Waals surface area contributed by atoms with Crippen LogP contribution < -0.4 is 9.47 Å². The van der Waals surface area contributed by atoms with Crippen LogP contribution in [0.15, 0.2) is 18.2 Å². The summed E-state index contributed by atoms with van der Waals surface area (Å²) in [6.07, 6.45) is 3.18. The van der Waals surface area contributed by atoms with Crippen LogP contribution in [0, 0.1) is 11.8 Å². The molecule has 0 bridgehead atoms. The van der Waals surface area contributed by atoms with Gasteiger partial charge in [-0.1, -0.05) is 12.8 Å². The van der Waals surface area contributed by atoms with Gasteiger partial charge < -0.3 is 14.2 Å². The fraction of sp³-hybridized carbons (Fsp3) is 0.524. The lowest BCUT2D eigenvalue weighted by Gasteiger charge is -2.21. The maximum Gasteiger partial charge on any atom is 0.329 e. The van der Waals surface area contributed by atoms with Gasteiger partial charge in [-0.25, -0.2) is 4.79 Å². The molecule has 1 aliphatic carbocycles. The quantitative estimate of drug-likeness (QED) is 0.421. The van der Waals surface area contributed by atoms with Crippen molar-refractivity contribution in [3.8, 4) is 11.5 Å². The normalized spacial score (nSPS) is 24.1. The molecule has 0 unspecified atom stereocenters. The van der Waals surface area contributed by atoms with Crippen molar-refractivity contribution in [1.82, 2.24) is 4.90 Å². The number of fused-ring (bicyclic) bond motifs is 2. The van der Waals surface area contributed by atoms with E-state index in [1.807, 2.05) is 0 Å². The number of imide groups is 1. The molecule has 3 aliphatic rings. The number of hydrogen-bond acceptors (Lipinski definition) is 7. The Morgan fingerprint density at radius 2 is 1.69 bits per heavy atom. The Morgan fingerprint density at radius 3 is 2.34 bits per heavy atom. The first-order valence-electron chi connectivity index (χ1n) is 9.94. The average molecular weight is 401 g/mol. The van der Waals surface area contributed by atoms with Crippen LogP contribution in [-0.2, 0) is 19.1 Å². The number of carbonyl (C=O) groups is 4. The van der Waals surface area contributed by atoms with Crippen molar-refractivity contribution in [2.24, 2.45) is 11.8 Å². The van der Waals surface area contributed by atoms with Gasteiger partial charge in [0.1, 0.15) is 19.3 Å². The standard InChI is InChI=1S/C21H23NO7/c1-12(22-19(24)14-4-2-3-5-15(14)20(22)25)21(26)29-11-16(23)13-6-7-17-18(10-13)28-9-8-27-17/h6-7,10,12,14-15H,2-5,8-9,11H2,1H3/t12-,14-,15+/m0/s1. The molecule has 29 heavy (non-hydrogen) atoms. The summed E-state index contributed by atoms with van der Waals surface area (Å²) < 4.78 is 16.0. The molecule has 0 spiro atoms. The van der Waals surface area contributed by atoms with Crippen molar-refractivity contribution in [2.45, 2.75) is 38.6 Å². The zero-order chi connectivity index (χ0) is 20.5. The number of rotatable bonds is 5. The highest BCUT2D eigenvalue weighted by Crippen LogP contribution is 2.39. The Balaban J connectivity index is 1.37. The molecule has 8 heteroatoms. The minimum absolute atomic E-state index is 0.303. The predicted octanol–water partition coefficient (Wildman–Crippen LogP) is 1.75. The second kappa shape index (κ2) is 7.85. The van der Waals surface area contributed by atoms with Gasteiger partial charge >= 0.3 is 5.97 Å². The van der Waals surface area contributed by atoms with Crippen molar-refractivity contribution < 1.29 is 33.4 Å². The number of esters is 1. The molecule has 0 radical (unpaired) electrons. The van der Waals surface area contributed by atoms with Crippen molar-refractivity contribution in [3.63, 3.8) is 0 Å². The molecule has 0 aromatic heterocycles. The molecule has 0 N–H and O–H groups in total. The lowest BCUT2D eigenvalue weighted by atomic mass is 9.81. The highest BCUT2D eigenvalue weighted by molar-refractivity contribution is 6.08. The Hall–Kier alpha value is -2.90. The van der Waals surface area contributed by atoms with Crippen molar-refractivity contribution in [3.05, 3.63) is 23.8 Å². The molecule has 8 nitrogen and oxygen atoms in total. The molecule has 2 aliphatic heterocycles. The van der Waals surface area contributed by atoms with Crippen molar-refractivity contribution in [1.29, 1.82) is 0 Å². The Bertz CT molecular complexity index is 841. The van der Waals surface area contributed by atoms with Crippen LogP contribution in [0.5, 0.6) is 11.5 Å². The van der Waals surface area contributed by atoms with E-state index in [9.17, 15) is 19.2 Å². The molecule has 2 fully saturated rings. The van der Waals surface area contributed by atoms with E-state index in [2.05, 4.69) is 0 Å². The summed E-state index contributed by atoms with van der Waals surface area (Å²) in [5.41, 5.74) is 0.328. The molecule has 1 saturated carbocycles. The Kier molecular flexibility index (Phi) is 5.25. The van der Waals surface area contributed by atoms with E-state index in [1.54, 1.807) is 18.2 Å². The van der Waals surface area contributed by atoms with Gasteiger partial charge in [0.2, 0.25) is 11.8 Å². The smallest absolute Gasteiger partial charge is 0.329 e. The summed E-state index contributed by atoms with van der Waals surface area (Å²) in [4.78, 5) is 51.0. The second-order valence-corrected chi connectivity index (χ2v) is 7.61. The van der Waals surface area contributed by atoms with E-state index in [-0.39, 0.29) is 23.7 Å². The van der Waals surface area contributed by atoms with E-state index < -0.39 is 24.4 Å². The van der Waals surface area contributed by atoms with Gasteiger partial charge in [-0.05, 0) is 38.0 Å². The van der Waals surface area contributed by atoms with E-state index in [0.29, 0.717) is 43.1 Å². The first kappa shape index (κ1) is 19.4. The Labute approximate surface area is 168 Å². The maximum atomic E-state index is 12.6. The van der Waals surface area contributed by atoms with Gasteiger partial charge in [-0.15, -0.1) is 0 Å². The number of likely N-dealkylation sites (tertiary alicyclic amines) is 1. The van der Waals surface area contributed by atoms with E-state index in [4.69, 9.17) is 14.2 Å². The minimum atomic E-state index is -1.05. The van der Waals surface area contributed by atoms with Crippen LogP contribution in [0.2, 0.25) is 0 Å². The number of amides is 2. The Morgan fingerprint density at radius 1 is 1.07 bits per heavy atom. The van der Waals surface area contributed by atoms with Gasteiger partial charge in [0, 0.05) is 5.56 Å². The second-order valence-electron chi connectivity index (χ2n) is 7.61. The molecule has 1 aromatic carbocycles. The third kappa shape index (κ3) is 3.59. The minimum Gasteiger partial charge on any atom is -0.486 e. The topological polar surface area (TPSA) is 99.2 Å². The number of hydrogen-bond donors (Lipinski definition) is 0. The number of nitrogens with zero attached hydrogens (tertiary/aromatic N) is 1. The molecule has 154 valence electrons. The predicted molar refractivity (Wildman–Crippen MR) is 99.5 cm³/mol. The highest BCUT2D eigenvalue weighted by atomic mass is 16.6. The van der Waals surface area contributed by atoms with Crippen molar-refractivity contribution in [2.75, 3.05) is 19.8 Å². The van der Waals surface area contributed by atoms with Crippen molar-refractivity contribution >= 4 is 23.6 Å². The maximum absolute atomic E-state index is 12.6. The SMILES string of the molecule is C[C@@H](C(=O)OCC(=O)c1ccc2c(c1)OCCO2)N1C(=O)[C@H]2CCCC[C@H]2C1=O. The monoisotopic (exact) mass is 401 g/mol. The first-order valence-corrected chi connectivity index (χ1v) is 9.94. The molecule has 4 rings (SSSR count). The van der Waals surface area contributed by atoms with Crippen LogP contribution in [0.4, 0.5) is 0 Å². The largest absolute Gasteiger partial charge is 0.486 e. The molecule has 1 saturated heterocycles. The highest BCUT2D eigenvalue weighted by Gasteiger charge is 2.51. The number of carbonyl (C=O) groups excluding carboxylic acids is 4. The van der Waals surface area contributed by atoms with Gasteiger partial charge in [0.15, 0.2) is 23.9 Å². The van der Waals surface area contributed by atoms with Gasteiger partial charge in [-0.2, -0.15) is 0 Å². The number of ketones is 1. The summed E-state index contributed by atoms with van der Waals surface area (Å²) in [5, 5.41) is 0. The van der Waals surface area contributed by atoms with Gasteiger partial charge in [-0.3, -0.25) is 19.3 Å². The number of Topliss-reactive ketones (excluding diaryl/α,β-unsaturated/α-hetero) is 1. The third-order valence-electron chi connectivity index (χ3n) is 5.81. The van der Waals surface area contributed by atoms with Crippen LogP contribution in [-0.4, -0.2) is 54.3 Å². The van der Waals surface area contributed by atoms with Crippen LogP contribution >= 0.6 is 0 Å². The van der Waals surface area contributed by atoms with Crippen LogP contribution in [0.1, 0.15) is 43.0 Å². The van der Waals surface area contributed by atoms with E-state index in [0.717, 1.165) is 17.7 Å². The summed E-state index contributed by atoms with van der Waals surface area (Å²) in [6, 6.07) is 3.71. The van der Waals surface area contributed by atoms with Crippen LogP contribution in [0.25, 0.3) is 0 Å². The van der Waals surface area contributed by atoms with Gasteiger partial charge in [0.25, 0.3) is 0 Å². The van der Waals surface area contributed by atoms with E-state index in [1.165, 1.54) is 6.92 Å². The lowest BCUT2D eigenvalue weighted by molar-refractivity contribution is -0.157. The van der Waals surface area contributed by atoms with Crippen LogP contribution in [0.3, 0.4) is 0 Å². The zero-order valence-corrected chi connectivity index (χ0v) is 16.2. The molecule has 1 aromatic rings. The first-order chi connectivity index (χ1) is 14.0. The fourth-order valence-corrected chi connectivity index (χ4v) is 4.23. The van der Waals surface area contributed by atoms with E-state index >= 15 is 0 Å². The lowest BCUT2D eigenvalue weighted by Crippen LogP contribution is -2.44. The molecular weight excluding hydrogens is 378 g/mol. The summed E-state index contributed by atoms with van der Waals surface area (Å²) in [6.45, 7) is 1.83. The zero-order valence-electron chi connectivity index (χ0n) is 16.2. The average Bonchev–Trinajstić information content (AvgIpc) is 3.01. The third-order valence-corrected chi connectivity index (χ3v) is 5.81. The molecular formula is C21H23NO7. The molecule has 2 heterocycles. The number of ether oxygens (including phenoxy) is 3.